The molecule has 0 saturated carbocycles. The van der Waals surface area contributed by atoms with Gasteiger partial charge in [0.2, 0.25) is 0 Å². The Hall–Kier alpha value is -3.81. The summed E-state index contributed by atoms with van der Waals surface area (Å²) in [6, 6.07) is 12.0. The van der Waals surface area contributed by atoms with Crippen LogP contribution in [0.25, 0.3) is 0 Å². The molecule has 136 valence electrons. The van der Waals surface area contributed by atoms with Gasteiger partial charge in [-0.1, -0.05) is 12.1 Å². The predicted molar refractivity (Wildman–Crippen MR) is 98.5 cm³/mol. The summed E-state index contributed by atoms with van der Waals surface area (Å²) in [6.45, 7) is 0.360. The summed E-state index contributed by atoms with van der Waals surface area (Å²) < 4.78 is 4.77. The molecule has 2 N–H and O–H groups in total. The molecule has 0 unspecified atom stereocenters. The van der Waals surface area contributed by atoms with Crippen LogP contribution in [0.3, 0.4) is 0 Å². The van der Waals surface area contributed by atoms with Crippen molar-refractivity contribution in [1.29, 1.82) is 0 Å². The molecule has 0 fully saturated rings. The number of esters is 1. The van der Waals surface area contributed by atoms with Gasteiger partial charge in [0.05, 0.1) is 18.4 Å². The number of amides is 1. The molecule has 3 aromatic rings. The molecule has 2 heterocycles. The largest absolute Gasteiger partial charge is 0.465 e. The van der Waals surface area contributed by atoms with Crippen molar-refractivity contribution in [2.24, 2.45) is 0 Å². The molecule has 8 nitrogen and oxygen atoms in total. The third kappa shape index (κ3) is 4.63. The van der Waals surface area contributed by atoms with Crippen LogP contribution in [0.5, 0.6) is 0 Å². The number of methoxy groups -OCH3 is 1. The van der Waals surface area contributed by atoms with Crippen molar-refractivity contribution in [1.82, 2.24) is 20.3 Å². The summed E-state index contributed by atoms with van der Waals surface area (Å²) >= 11 is 0. The molecule has 3 rings (SSSR count). The number of hydrogen-bond donors (Lipinski definition) is 2. The Morgan fingerprint density at radius 1 is 1.07 bits per heavy atom. The fourth-order valence-corrected chi connectivity index (χ4v) is 2.34. The van der Waals surface area contributed by atoms with Crippen LogP contribution in [0, 0.1) is 0 Å². The minimum Gasteiger partial charge on any atom is -0.465 e. The molecular formula is C19H17N5O3. The number of benzene rings is 1. The predicted octanol–water partition coefficient (Wildman–Crippen LogP) is 2.33. The SMILES string of the molecule is COC(=O)c1ccccc1Nc1cc(C(=O)NCc2ccncc2)ncn1. The minimum atomic E-state index is -0.470. The lowest BCUT2D eigenvalue weighted by Crippen LogP contribution is -2.24. The van der Waals surface area contributed by atoms with E-state index in [-0.39, 0.29) is 11.6 Å². The number of hydrogen-bond acceptors (Lipinski definition) is 7. The number of carbonyl (C=O) groups excluding carboxylic acids is 2. The monoisotopic (exact) mass is 363 g/mol. The third-order valence-corrected chi connectivity index (χ3v) is 3.70. The van der Waals surface area contributed by atoms with Gasteiger partial charge in [-0.2, -0.15) is 0 Å². The van der Waals surface area contributed by atoms with Crippen LogP contribution in [-0.4, -0.2) is 33.9 Å². The maximum Gasteiger partial charge on any atom is 0.339 e. The topological polar surface area (TPSA) is 106 Å². The number of pyridine rings is 1. The molecule has 27 heavy (non-hydrogen) atoms. The summed E-state index contributed by atoms with van der Waals surface area (Å²) in [5.41, 5.74) is 2.02. The highest BCUT2D eigenvalue weighted by Crippen LogP contribution is 2.20. The molecule has 0 radical (unpaired) electrons. The molecule has 0 spiro atoms. The Bertz CT molecular complexity index is 947. The maximum atomic E-state index is 12.3. The second-order valence-corrected chi connectivity index (χ2v) is 5.49. The van der Waals surface area contributed by atoms with Gasteiger partial charge >= 0.3 is 5.97 Å². The van der Waals surface area contributed by atoms with Crippen molar-refractivity contribution in [3.8, 4) is 0 Å². The summed E-state index contributed by atoms with van der Waals surface area (Å²) in [4.78, 5) is 36.2. The van der Waals surface area contributed by atoms with E-state index >= 15 is 0 Å². The molecule has 0 atom stereocenters. The molecule has 0 aliphatic heterocycles. The van der Waals surface area contributed by atoms with Gasteiger partial charge < -0.3 is 15.4 Å². The average molecular weight is 363 g/mol. The van der Waals surface area contributed by atoms with E-state index in [1.165, 1.54) is 19.5 Å². The molecular weight excluding hydrogens is 346 g/mol. The second-order valence-electron chi connectivity index (χ2n) is 5.49. The summed E-state index contributed by atoms with van der Waals surface area (Å²) in [5, 5.41) is 5.80. The van der Waals surface area contributed by atoms with Crippen molar-refractivity contribution >= 4 is 23.4 Å². The van der Waals surface area contributed by atoms with Gasteiger partial charge in [0.25, 0.3) is 5.91 Å². The minimum absolute atomic E-state index is 0.206. The zero-order valence-electron chi connectivity index (χ0n) is 14.5. The first kappa shape index (κ1) is 18.0. The summed E-state index contributed by atoms with van der Waals surface area (Å²) in [6.07, 6.45) is 4.60. The summed E-state index contributed by atoms with van der Waals surface area (Å²) in [5.74, 6) is -0.420. The molecule has 0 aliphatic rings. The van der Waals surface area contributed by atoms with Crippen molar-refractivity contribution in [2.45, 2.75) is 6.54 Å². The highest BCUT2D eigenvalue weighted by Gasteiger charge is 2.13. The lowest BCUT2D eigenvalue weighted by Gasteiger charge is -2.10. The number of anilines is 2. The normalized spacial score (nSPS) is 10.1. The smallest absolute Gasteiger partial charge is 0.339 e. The van der Waals surface area contributed by atoms with Crippen LogP contribution in [0.1, 0.15) is 26.4 Å². The van der Waals surface area contributed by atoms with Gasteiger partial charge in [0.15, 0.2) is 0 Å². The van der Waals surface area contributed by atoms with E-state index in [0.717, 1.165) is 5.56 Å². The number of rotatable bonds is 6. The summed E-state index contributed by atoms with van der Waals surface area (Å²) in [7, 11) is 1.31. The molecule has 2 aromatic heterocycles. The van der Waals surface area contributed by atoms with Gasteiger partial charge in [0.1, 0.15) is 17.8 Å². The lowest BCUT2D eigenvalue weighted by molar-refractivity contribution is 0.0601. The van der Waals surface area contributed by atoms with E-state index in [1.54, 1.807) is 36.7 Å². The van der Waals surface area contributed by atoms with Gasteiger partial charge in [-0.05, 0) is 29.8 Å². The van der Waals surface area contributed by atoms with Crippen molar-refractivity contribution < 1.29 is 14.3 Å². The van der Waals surface area contributed by atoms with Crippen LogP contribution >= 0.6 is 0 Å². The Morgan fingerprint density at radius 3 is 2.63 bits per heavy atom. The zero-order chi connectivity index (χ0) is 19.1. The number of carbonyl (C=O) groups is 2. The van der Waals surface area contributed by atoms with E-state index in [0.29, 0.717) is 23.6 Å². The van der Waals surface area contributed by atoms with Crippen LogP contribution in [0.4, 0.5) is 11.5 Å². The van der Waals surface area contributed by atoms with Crippen molar-refractivity contribution in [3.05, 3.63) is 78.0 Å². The number of ether oxygens (including phenoxy) is 1. The molecule has 1 aromatic carbocycles. The van der Waals surface area contributed by atoms with E-state index in [1.807, 2.05) is 12.1 Å². The average Bonchev–Trinajstić information content (AvgIpc) is 2.73. The zero-order valence-corrected chi connectivity index (χ0v) is 14.5. The van der Waals surface area contributed by atoms with Crippen molar-refractivity contribution in [2.75, 3.05) is 12.4 Å². The highest BCUT2D eigenvalue weighted by atomic mass is 16.5. The maximum absolute atomic E-state index is 12.3. The van der Waals surface area contributed by atoms with Crippen LogP contribution < -0.4 is 10.6 Å². The first-order valence-electron chi connectivity index (χ1n) is 8.11. The van der Waals surface area contributed by atoms with E-state index in [2.05, 4.69) is 25.6 Å². The second kappa shape index (κ2) is 8.52. The molecule has 8 heteroatoms. The Balaban J connectivity index is 1.72. The fraction of sp³-hybridized carbons (Fsp3) is 0.105. The number of nitrogens with one attached hydrogen (secondary N) is 2. The Kier molecular flexibility index (Phi) is 5.68. The van der Waals surface area contributed by atoms with Gasteiger partial charge in [-0.15, -0.1) is 0 Å². The van der Waals surface area contributed by atoms with E-state index in [9.17, 15) is 9.59 Å². The first-order valence-corrected chi connectivity index (χ1v) is 8.11. The Morgan fingerprint density at radius 2 is 1.85 bits per heavy atom. The van der Waals surface area contributed by atoms with E-state index < -0.39 is 5.97 Å². The molecule has 0 aliphatic carbocycles. The molecule has 1 amide bonds. The van der Waals surface area contributed by atoms with Crippen LogP contribution in [-0.2, 0) is 11.3 Å². The first-order chi connectivity index (χ1) is 13.2. The Labute approximate surface area is 155 Å². The van der Waals surface area contributed by atoms with Crippen LogP contribution in [0.15, 0.2) is 61.2 Å². The molecule has 0 bridgehead atoms. The van der Waals surface area contributed by atoms with E-state index in [4.69, 9.17) is 4.74 Å². The molecule has 0 saturated heterocycles. The lowest BCUT2D eigenvalue weighted by atomic mass is 10.2. The quantitative estimate of drug-likeness (QED) is 0.647. The number of para-hydroxylation sites is 1. The standard InChI is InChI=1S/C19H17N5O3/c1-27-19(26)14-4-2-3-5-15(14)24-17-10-16(22-12-23-17)18(25)21-11-13-6-8-20-9-7-13/h2-10,12H,11H2,1H3,(H,21,25)(H,22,23,24). The fourth-order valence-electron chi connectivity index (χ4n) is 2.34. The van der Waals surface area contributed by atoms with Gasteiger partial charge in [-0.3, -0.25) is 9.78 Å². The number of nitrogens with zero attached hydrogens (tertiary/aromatic N) is 3. The third-order valence-electron chi connectivity index (χ3n) is 3.70. The highest BCUT2D eigenvalue weighted by molar-refractivity contribution is 5.97. The van der Waals surface area contributed by atoms with Crippen LogP contribution in [0.2, 0.25) is 0 Å². The van der Waals surface area contributed by atoms with Gasteiger partial charge in [-0.25, -0.2) is 14.8 Å². The van der Waals surface area contributed by atoms with Crippen molar-refractivity contribution in [3.63, 3.8) is 0 Å². The number of aromatic nitrogens is 3. The van der Waals surface area contributed by atoms with Gasteiger partial charge in [0, 0.05) is 25.0 Å².